The van der Waals surface area contributed by atoms with Gasteiger partial charge in [0.1, 0.15) is 0 Å². The summed E-state index contributed by atoms with van der Waals surface area (Å²) in [6.07, 6.45) is 19.4. The van der Waals surface area contributed by atoms with Crippen molar-refractivity contribution < 1.29 is 51.0 Å². The zero-order valence-electron chi connectivity index (χ0n) is 10.6. The van der Waals surface area contributed by atoms with E-state index in [0.717, 1.165) is 6.42 Å². The maximum atomic E-state index is 2.42. The predicted octanol–water partition coefficient (Wildman–Crippen LogP) is -1.22. The van der Waals surface area contributed by atoms with E-state index < -0.39 is 0 Å². The molecule has 2 heterocycles. The maximum absolute atomic E-state index is 2.42. The third kappa shape index (κ3) is 3.50. The zero-order chi connectivity index (χ0) is 11.2. The van der Waals surface area contributed by atoms with Crippen molar-refractivity contribution in [3.05, 3.63) is 68.2 Å². The first-order valence-electron chi connectivity index (χ1n) is 5.92. The number of halogens is 2. The van der Waals surface area contributed by atoms with E-state index in [1.54, 1.807) is 0 Å². The molecule has 2 atom stereocenters. The van der Waals surface area contributed by atoms with Gasteiger partial charge in [-0.05, 0) is 9.81 Å². The summed E-state index contributed by atoms with van der Waals surface area (Å²) in [7, 11) is 0. The minimum atomic E-state index is 0. The van der Waals surface area contributed by atoms with E-state index in [1.165, 1.54) is 19.6 Å². The Hall–Kier alpha value is 0.603. The van der Waals surface area contributed by atoms with Crippen LogP contribution in [0.2, 0.25) is 0 Å². The molecular formula is C15H12Cl2S2Zr. The Balaban J connectivity index is 0.000000667. The third-order valence-electron chi connectivity index (χ3n) is 3.39. The maximum Gasteiger partial charge on any atom is 2.00 e. The second-order valence-corrected chi connectivity index (χ2v) is 7.01. The molecule has 2 aliphatic carbocycles. The second kappa shape index (κ2) is 7.74. The zero-order valence-corrected chi connectivity index (χ0v) is 16.2. The van der Waals surface area contributed by atoms with Gasteiger partial charge in [0.15, 0.2) is 0 Å². The van der Waals surface area contributed by atoms with Gasteiger partial charge in [0.2, 0.25) is 0 Å². The molecule has 0 radical (unpaired) electrons. The molecule has 0 aromatic heterocycles. The molecule has 0 saturated carbocycles. The van der Waals surface area contributed by atoms with Gasteiger partial charge < -0.3 is 24.8 Å². The fourth-order valence-electron chi connectivity index (χ4n) is 2.56. The molecule has 2 aliphatic heterocycles. The second-order valence-electron chi connectivity index (χ2n) is 4.61. The van der Waals surface area contributed by atoms with Gasteiger partial charge >= 0.3 is 26.2 Å². The van der Waals surface area contributed by atoms with Crippen molar-refractivity contribution in [3.8, 4) is 0 Å². The van der Waals surface area contributed by atoms with Gasteiger partial charge in [0.05, 0.1) is 0 Å². The number of allylic oxidation sites excluding steroid dienone is 12. The van der Waals surface area contributed by atoms with E-state index >= 15 is 0 Å². The Morgan fingerprint density at radius 3 is 1.65 bits per heavy atom. The molecule has 0 bridgehead atoms. The Morgan fingerprint density at radius 2 is 1.25 bits per heavy atom. The van der Waals surface area contributed by atoms with Crippen LogP contribution in [0.5, 0.6) is 0 Å². The summed E-state index contributed by atoms with van der Waals surface area (Å²) in [5.74, 6) is 1.17. The molecule has 2 unspecified atom stereocenters. The van der Waals surface area contributed by atoms with Crippen LogP contribution >= 0.6 is 23.5 Å². The van der Waals surface area contributed by atoms with Gasteiger partial charge in [-0.15, -0.1) is 0 Å². The summed E-state index contributed by atoms with van der Waals surface area (Å²) < 4.78 is 0. The van der Waals surface area contributed by atoms with Crippen molar-refractivity contribution in [1.29, 1.82) is 0 Å². The standard InChI is InChI=1S/C15H12S2.2ClH.Zr/c1-3-10-7-12(16-14(10)5-1)9-13-8-11-4-2-6-15(11)17-13;;;/h1-8,10-11H,9H2;2*1H;/q;;;+2/p-2. The molecular weight excluding hydrogens is 406 g/mol. The van der Waals surface area contributed by atoms with Crippen molar-refractivity contribution in [2.45, 2.75) is 6.42 Å². The first kappa shape index (κ1) is 18.7. The third-order valence-corrected chi connectivity index (χ3v) is 5.77. The van der Waals surface area contributed by atoms with E-state index in [4.69, 9.17) is 0 Å². The number of hydrogen-bond acceptors (Lipinski definition) is 2. The Bertz CT molecular complexity index is 520. The molecule has 4 rings (SSSR count). The van der Waals surface area contributed by atoms with Crippen molar-refractivity contribution in [3.63, 3.8) is 0 Å². The van der Waals surface area contributed by atoms with E-state index in [-0.39, 0.29) is 51.0 Å². The van der Waals surface area contributed by atoms with Gasteiger partial charge in [0, 0.05) is 28.1 Å². The van der Waals surface area contributed by atoms with Crippen LogP contribution in [0, 0.1) is 11.8 Å². The van der Waals surface area contributed by atoms with Crippen LogP contribution < -0.4 is 24.8 Å². The molecule has 0 spiro atoms. The van der Waals surface area contributed by atoms with Crippen LogP contribution in [-0.4, -0.2) is 0 Å². The molecule has 5 heteroatoms. The number of hydrogen-bond donors (Lipinski definition) is 0. The first-order chi connectivity index (χ1) is 8.38. The molecule has 0 saturated heterocycles. The van der Waals surface area contributed by atoms with Gasteiger partial charge in [0.25, 0.3) is 0 Å². The van der Waals surface area contributed by atoms with Crippen LogP contribution in [0.25, 0.3) is 0 Å². The summed E-state index contributed by atoms with van der Waals surface area (Å²) in [6.45, 7) is 0. The minimum absolute atomic E-state index is 0. The van der Waals surface area contributed by atoms with Crippen molar-refractivity contribution in [2.75, 3.05) is 0 Å². The van der Waals surface area contributed by atoms with Gasteiger partial charge in [-0.25, -0.2) is 0 Å². The molecule has 20 heavy (non-hydrogen) atoms. The van der Waals surface area contributed by atoms with Crippen LogP contribution in [0.1, 0.15) is 6.42 Å². The van der Waals surface area contributed by atoms with Crippen molar-refractivity contribution in [1.82, 2.24) is 0 Å². The smallest absolute Gasteiger partial charge is 1.00 e. The molecule has 0 amide bonds. The SMILES string of the molecule is C1=CC2C=C(CC3=CC4C=CC=C4S3)SC2=C1.[Cl-].[Cl-].[Zr+2]. The molecule has 0 aromatic carbocycles. The topological polar surface area (TPSA) is 0 Å². The average Bonchev–Trinajstić information content (AvgIpc) is 2.93. The largest absolute Gasteiger partial charge is 2.00 e. The number of fused-ring (bicyclic) bond motifs is 2. The van der Waals surface area contributed by atoms with Gasteiger partial charge in [-0.3, -0.25) is 0 Å². The Kier molecular flexibility index (Phi) is 7.22. The Labute approximate surface area is 159 Å². The molecule has 4 aliphatic rings. The molecule has 102 valence electrons. The van der Waals surface area contributed by atoms with Crippen molar-refractivity contribution >= 4 is 23.5 Å². The summed E-state index contributed by atoms with van der Waals surface area (Å²) in [4.78, 5) is 6.05. The van der Waals surface area contributed by atoms with Gasteiger partial charge in [-0.2, -0.15) is 0 Å². The number of rotatable bonds is 2. The van der Waals surface area contributed by atoms with Crippen molar-refractivity contribution in [2.24, 2.45) is 11.8 Å². The normalized spacial score (nSPS) is 27.4. The number of thioether (sulfide) groups is 2. The fraction of sp³-hybridized carbons (Fsp3) is 0.200. The van der Waals surface area contributed by atoms with E-state index in [1.807, 2.05) is 23.5 Å². The van der Waals surface area contributed by atoms with E-state index in [9.17, 15) is 0 Å². The molecule has 0 aromatic rings. The summed E-state index contributed by atoms with van der Waals surface area (Å²) in [5, 5.41) is 0. The first-order valence-corrected chi connectivity index (χ1v) is 7.56. The summed E-state index contributed by atoms with van der Waals surface area (Å²) >= 11 is 3.93. The monoisotopic (exact) mass is 416 g/mol. The van der Waals surface area contributed by atoms with Crippen LogP contribution in [0.15, 0.2) is 68.2 Å². The summed E-state index contributed by atoms with van der Waals surface area (Å²) in [5.41, 5.74) is 0. The fourth-order valence-corrected chi connectivity index (χ4v) is 5.00. The molecule has 0 fully saturated rings. The average molecular weight is 419 g/mol. The minimum Gasteiger partial charge on any atom is -1.00 e. The Morgan fingerprint density at radius 1 is 0.800 bits per heavy atom. The molecule has 0 nitrogen and oxygen atoms in total. The van der Waals surface area contributed by atoms with Crippen LogP contribution in [-0.2, 0) is 26.2 Å². The summed E-state index contributed by atoms with van der Waals surface area (Å²) in [6, 6.07) is 0. The van der Waals surface area contributed by atoms with Crippen LogP contribution in [0.4, 0.5) is 0 Å². The van der Waals surface area contributed by atoms with Gasteiger partial charge in [-0.1, -0.05) is 72.1 Å². The predicted molar refractivity (Wildman–Crippen MR) is 77.4 cm³/mol. The van der Waals surface area contributed by atoms with E-state index in [2.05, 4.69) is 48.6 Å². The molecule has 0 N–H and O–H groups in total. The van der Waals surface area contributed by atoms with E-state index in [0.29, 0.717) is 11.8 Å². The quantitative estimate of drug-likeness (QED) is 0.552. The van der Waals surface area contributed by atoms with Crippen LogP contribution in [0.3, 0.4) is 0 Å².